The van der Waals surface area contributed by atoms with E-state index in [1.807, 2.05) is 0 Å². The van der Waals surface area contributed by atoms with E-state index in [1.165, 1.54) is 13.1 Å². The van der Waals surface area contributed by atoms with E-state index in [0.29, 0.717) is 0 Å². The Balaban J connectivity index is 2.92. The Hall–Kier alpha value is -2.11. The van der Waals surface area contributed by atoms with Crippen LogP contribution >= 0.6 is 0 Å². The van der Waals surface area contributed by atoms with Gasteiger partial charge in [-0.25, -0.2) is 0 Å². The molecule has 2 aromatic heterocycles. The van der Waals surface area contributed by atoms with Crippen molar-refractivity contribution in [3.05, 3.63) is 28.2 Å². The van der Waals surface area contributed by atoms with Gasteiger partial charge in [0.2, 0.25) is 5.88 Å². The van der Waals surface area contributed by atoms with E-state index in [2.05, 4.69) is 10.1 Å². The van der Waals surface area contributed by atoms with E-state index >= 15 is 0 Å². The summed E-state index contributed by atoms with van der Waals surface area (Å²) in [6, 6.07) is 0.990. The van der Waals surface area contributed by atoms with Gasteiger partial charge in [0.15, 0.2) is 11.4 Å². The van der Waals surface area contributed by atoms with Crippen molar-refractivity contribution < 1.29 is 9.90 Å². The van der Waals surface area contributed by atoms with Crippen LogP contribution in [-0.2, 0) is 0 Å². The van der Waals surface area contributed by atoms with E-state index in [1.54, 1.807) is 0 Å². The van der Waals surface area contributed by atoms with E-state index < -0.39 is 5.56 Å². The first-order chi connectivity index (χ1) is 6.59. The lowest BCUT2D eigenvalue weighted by molar-refractivity contribution is 0.101. The Labute approximate surface area is 77.8 Å². The maximum atomic E-state index is 11.1. The summed E-state index contributed by atoms with van der Waals surface area (Å²) < 4.78 is 1.10. The van der Waals surface area contributed by atoms with Crippen LogP contribution in [0.5, 0.6) is 5.88 Å². The molecule has 0 bridgehead atoms. The molecule has 72 valence electrons. The molecule has 6 heteroatoms. The number of fused-ring (bicyclic) bond motifs is 1. The molecule has 0 unspecified atom stereocenters. The lowest BCUT2D eigenvalue weighted by Gasteiger charge is -1.96. The minimum absolute atomic E-state index is 0.211. The maximum Gasteiger partial charge on any atom is 0.254 e. The number of hydrogen-bond donors (Lipinski definition) is 2. The summed E-state index contributed by atoms with van der Waals surface area (Å²) in [6.07, 6.45) is 1.30. The summed E-state index contributed by atoms with van der Waals surface area (Å²) in [5, 5.41) is 13.1. The summed E-state index contributed by atoms with van der Waals surface area (Å²) >= 11 is 0. The molecular weight excluding hydrogens is 186 g/mol. The first-order valence-corrected chi connectivity index (χ1v) is 3.90. The van der Waals surface area contributed by atoms with Crippen molar-refractivity contribution in [3.63, 3.8) is 0 Å². The van der Waals surface area contributed by atoms with Crippen molar-refractivity contribution in [2.24, 2.45) is 0 Å². The number of aromatic nitrogens is 3. The fraction of sp³-hybridized carbons (Fsp3) is 0.125. The van der Waals surface area contributed by atoms with E-state index in [-0.39, 0.29) is 22.9 Å². The topological polar surface area (TPSA) is 87.5 Å². The smallest absolute Gasteiger partial charge is 0.254 e. The number of rotatable bonds is 1. The van der Waals surface area contributed by atoms with Crippen molar-refractivity contribution in [2.75, 3.05) is 0 Å². The highest BCUT2D eigenvalue weighted by Crippen LogP contribution is 2.11. The van der Waals surface area contributed by atoms with Crippen LogP contribution in [0.4, 0.5) is 0 Å². The molecule has 14 heavy (non-hydrogen) atoms. The average molecular weight is 193 g/mol. The Morgan fingerprint density at radius 1 is 1.64 bits per heavy atom. The molecule has 0 aliphatic rings. The van der Waals surface area contributed by atoms with Gasteiger partial charge >= 0.3 is 0 Å². The summed E-state index contributed by atoms with van der Waals surface area (Å²) in [7, 11) is 0. The zero-order valence-corrected chi connectivity index (χ0v) is 7.31. The Bertz CT molecular complexity index is 567. The summed E-state index contributed by atoms with van der Waals surface area (Å²) in [5.74, 6) is -0.516. The third-order valence-corrected chi connectivity index (χ3v) is 1.87. The number of nitrogens with zero attached hydrogens (tertiary/aromatic N) is 2. The minimum atomic E-state index is -0.474. The lowest BCUT2D eigenvalue weighted by Crippen LogP contribution is -2.08. The molecule has 0 saturated heterocycles. The largest absolute Gasteiger partial charge is 0.493 e. The highest BCUT2D eigenvalue weighted by Gasteiger charge is 2.11. The summed E-state index contributed by atoms with van der Waals surface area (Å²) in [5.41, 5.74) is 0.0125. The fourth-order valence-corrected chi connectivity index (χ4v) is 1.23. The van der Waals surface area contributed by atoms with Crippen molar-refractivity contribution in [2.45, 2.75) is 6.92 Å². The minimum Gasteiger partial charge on any atom is -0.493 e. The van der Waals surface area contributed by atoms with Crippen LogP contribution in [0.2, 0.25) is 0 Å². The molecule has 0 amide bonds. The highest BCUT2D eigenvalue weighted by atomic mass is 16.3. The van der Waals surface area contributed by atoms with Crippen LogP contribution in [0.3, 0.4) is 0 Å². The predicted molar refractivity (Wildman–Crippen MR) is 47.5 cm³/mol. The predicted octanol–water partition coefficient (Wildman–Crippen LogP) is -0.0692. The molecule has 6 nitrogen and oxygen atoms in total. The second kappa shape index (κ2) is 2.69. The fourth-order valence-electron chi connectivity index (χ4n) is 1.23. The molecule has 2 heterocycles. The third kappa shape index (κ3) is 1.08. The molecule has 0 aromatic carbocycles. The Morgan fingerprint density at radius 3 is 3.00 bits per heavy atom. The van der Waals surface area contributed by atoms with Crippen molar-refractivity contribution >= 4 is 11.4 Å². The summed E-state index contributed by atoms with van der Waals surface area (Å²) in [4.78, 5) is 24.5. The molecule has 2 aromatic rings. The van der Waals surface area contributed by atoms with Crippen LogP contribution in [0.15, 0.2) is 17.1 Å². The van der Waals surface area contributed by atoms with Crippen LogP contribution in [0.25, 0.3) is 5.65 Å². The number of aromatic hydroxyl groups is 1. The number of hydrogen-bond acceptors (Lipinski definition) is 4. The molecule has 0 atom stereocenters. The number of carbonyl (C=O) groups excluding carboxylic acids is 1. The molecule has 0 spiro atoms. The third-order valence-electron chi connectivity index (χ3n) is 1.87. The number of H-pyrrole nitrogens is 1. The monoisotopic (exact) mass is 193 g/mol. The van der Waals surface area contributed by atoms with Gasteiger partial charge in [-0.15, -0.1) is 0 Å². The number of ketones is 1. The normalized spacial score (nSPS) is 10.6. The van der Waals surface area contributed by atoms with Gasteiger partial charge in [-0.3, -0.25) is 9.59 Å². The van der Waals surface area contributed by atoms with Gasteiger partial charge in [0.05, 0.1) is 17.8 Å². The van der Waals surface area contributed by atoms with Gasteiger partial charge in [-0.05, 0) is 6.92 Å². The molecular formula is C8H7N3O3. The number of Topliss-reactive ketones (excluding diaryl/α,β-unsaturated/α-hetero) is 1. The van der Waals surface area contributed by atoms with Gasteiger partial charge in [-0.2, -0.15) is 9.61 Å². The first kappa shape index (κ1) is 8.49. The lowest BCUT2D eigenvalue weighted by atomic mass is 10.2. The second-order valence-electron chi connectivity index (χ2n) is 2.87. The molecule has 0 fully saturated rings. The number of aromatic amines is 1. The standard InChI is InChI=1S/C8H7N3O3/c1-4(12)5-3-9-11-7(14)2-6(13)10-8(5)11/h2-3,14H,1H3,(H,10,13). The van der Waals surface area contributed by atoms with E-state index in [0.717, 1.165) is 10.6 Å². The maximum absolute atomic E-state index is 11.1. The van der Waals surface area contributed by atoms with Gasteiger partial charge < -0.3 is 10.1 Å². The highest BCUT2D eigenvalue weighted by molar-refractivity contribution is 5.99. The average Bonchev–Trinajstić information content (AvgIpc) is 2.47. The Morgan fingerprint density at radius 2 is 2.36 bits per heavy atom. The molecule has 0 radical (unpaired) electrons. The molecule has 0 saturated carbocycles. The van der Waals surface area contributed by atoms with Crippen molar-refractivity contribution in [1.82, 2.24) is 14.6 Å². The SMILES string of the molecule is CC(=O)c1cnn2c(O)cc(=O)[nH]c12. The van der Waals surface area contributed by atoms with Crippen LogP contribution < -0.4 is 5.56 Å². The van der Waals surface area contributed by atoms with Crippen molar-refractivity contribution in [3.8, 4) is 5.88 Å². The molecule has 0 aliphatic heterocycles. The van der Waals surface area contributed by atoms with Gasteiger partial charge in [-0.1, -0.05) is 0 Å². The van der Waals surface area contributed by atoms with Gasteiger partial charge in [0, 0.05) is 0 Å². The van der Waals surface area contributed by atoms with Crippen LogP contribution in [0, 0.1) is 0 Å². The zero-order valence-electron chi connectivity index (χ0n) is 7.31. The van der Waals surface area contributed by atoms with Crippen LogP contribution in [0.1, 0.15) is 17.3 Å². The number of nitrogens with one attached hydrogen (secondary N) is 1. The van der Waals surface area contributed by atoms with E-state index in [4.69, 9.17) is 0 Å². The first-order valence-electron chi connectivity index (χ1n) is 3.90. The van der Waals surface area contributed by atoms with Gasteiger partial charge in [0.25, 0.3) is 5.56 Å². The molecule has 2 N–H and O–H groups in total. The zero-order chi connectivity index (χ0) is 10.3. The van der Waals surface area contributed by atoms with Gasteiger partial charge in [0.1, 0.15) is 0 Å². The van der Waals surface area contributed by atoms with E-state index in [9.17, 15) is 14.7 Å². The second-order valence-corrected chi connectivity index (χ2v) is 2.87. The number of carbonyl (C=O) groups is 1. The molecule has 2 rings (SSSR count). The van der Waals surface area contributed by atoms with Crippen LogP contribution in [-0.4, -0.2) is 25.5 Å². The Kier molecular flexibility index (Phi) is 1.63. The quantitative estimate of drug-likeness (QED) is 0.620. The van der Waals surface area contributed by atoms with Crippen molar-refractivity contribution in [1.29, 1.82) is 0 Å². The molecule has 0 aliphatic carbocycles. The summed E-state index contributed by atoms with van der Waals surface area (Å²) in [6.45, 7) is 1.36.